The standard InChI is InChI=1S/C34H35F3N2O7S2/c1-22-10-14-26(15-11-22)48(43,44)46-19-18-23-20-25(13-16-27(23)28-8-6-7-9-29(28)34(35,36)37)38-32(40)24-12-17-31(30(21-24)45-5)47(41,42)39-33(2,3)4/h6-17,20-21,39H,18-19H2,1-5H3,(H,38,40). The van der Waals surface area contributed by atoms with Crippen LogP contribution >= 0.6 is 0 Å². The minimum Gasteiger partial charge on any atom is -0.495 e. The highest BCUT2D eigenvalue weighted by Gasteiger charge is 2.34. The first kappa shape index (κ1) is 36.6. The van der Waals surface area contributed by atoms with Crippen molar-refractivity contribution in [3.05, 3.63) is 107 Å². The maximum absolute atomic E-state index is 14.0. The van der Waals surface area contributed by atoms with Crippen LogP contribution in [0.3, 0.4) is 0 Å². The van der Waals surface area contributed by atoms with Gasteiger partial charge in [0.2, 0.25) is 10.0 Å². The highest BCUT2D eigenvalue weighted by molar-refractivity contribution is 7.89. The largest absolute Gasteiger partial charge is 0.495 e. The van der Waals surface area contributed by atoms with E-state index in [-0.39, 0.29) is 49.9 Å². The van der Waals surface area contributed by atoms with Gasteiger partial charge in [-0.25, -0.2) is 13.1 Å². The Kier molecular flexibility index (Phi) is 10.7. The summed E-state index contributed by atoms with van der Waals surface area (Å²) >= 11 is 0. The number of alkyl halides is 3. The highest BCUT2D eigenvalue weighted by Crippen LogP contribution is 2.39. The molecular weight excluding hydrogens is 670 g/mol. The lowest BCUT2D eigenvalue weighted by molar-refractivity contribution is -0.137. The molecule has 9 nitrogen and oxygen atoms in total. The van der Waals surface area contributed by atoms with Crippen molar-refractivity contribution in [3.63, 3.8) is 0 Å². The Hall–Kier alpha value is -4.24. The van der Waals surface area contributed by atoms with Crippen LogP contribution in [0.15, 0.2) is 94.7 Å². The number of amides is 1. The van der Waals surface area contributed by atoms with Gasteiger partial charge in [0, 0.05) is 16.8 Å². The summed E-state index contributed by atoms with van der Waals surface area (Å²) < 4.78 is 106. The lowest BCUT2D eigenvalue weighted by atomic mass is 9.93. The van der Waals surface area contributed by atoms with Gasteiger partial charge in [-0.2, -0.15) is 21.6 Å². The summed E-state index contributed by atoms with van der Waals surface area (Å²) in [5.74, 6) is -0.736. The summed E-state index contributed by atoms with van der Waals surface area (Å²) in [6, 6.07) is 19.0. The van der Waals surface area contributed by atoms with Crippen molar-refractivity contribution in [2.45, 2.75) is 55.6 Å². The molecule has 0 saturated heterocycles. The SMILES string of the molecule is COc1cc(C(=O)Nc2ccc(-c3ccccc3C(F)(F)F)c(CCOS(=O)(=O)c3ccc(C)cc3)c2)ccc1S(=O)(=O)NC(C)(C)C. The first-order valence-corrected chi connectivity index (χ1v) is 17.5. The Bertz CT molecular complexity index is 2020. The second-order valence-electron chi connectivity index (χ2n) is 11.9. The lowest BCUT2D eigenvalue weighted by Crippen LogP contribution is -2.40. The maximum atomic E-state index is 14.0. The Morgan fingerprint density at radius 2 is 1.50 bits per heavy atom. The first-order valence-electron chi connectivity index (χ1n) is 14.6. The number of nitrogens with one attached hydrogen (secondary N) is 2. The average Bonchev–Trinajstić information content (AvgIpc) is 2.99. The van der Waals surface area contributed by atoms with Gasteiger partial charge >= 0.3 is 6.18 Å². The minimum atomic E-state index is -4.67. The highest BCUT2D eigenvalue weighted by atomic mass is 32.2. The molecule has 0 unspecified atom stereocenters. The summed E-state index contributed by atoms with van der Waals surface area (Å²) in [6.07, 6.45) is -4.80. The number of ether oxygens (including phenoxy) is 1. The fraction of sp³-hybridized carbons (Fsp3) is 0.265. The van der Waals surface area contributed by atoms with Crippen LogP contribution in [0.25, 0.3) is 11.1 Å². The molecule has 256 valence electrons. The second kappa shape index (κ2) is 14.1. The van der Waals surface area contributed by atoms with E-state index >= 15 is 0 Å². The number of methoxy groups -OCH3 is 1. The van der Waals surface area contributed by atoms with Gasteiger partial charge in [0.05, 0.1) is 24.2 Å². The van der Waals surface area contributed by atoms with Gasteiger partial charge in [-0.1, -0.05) is 42.0 Å². The number of sulfonamides is 1. The number of anilines is 1. The molecule has 0 radical (unpaired) electrons. The first-order chi connectivity index (χ1) is 22.3. The van der Waals surface area contributed by atoms with Crippen molar-refractivity contribution in [1.82, 2.24) is 4.72 Å². The number of rotatable bonds is 11. The molecule has 0 aliphatic heterocycles. The minimum absolute atomic E-state index is 0.0436. The third-order valence-corrected chi connectivity index (χ3v) is 10.1. The molecule has 0 aromatic heterocycles. The van der Waals surface area contributed by atoms with E-state index in [0.717, 1.165) is 11.6 Å². The van der Waals surface area contributed by atoms with Gasteiger partial charge in [-0.3, -0.25) is 8.98 Å². The third-order valence-electron chi connectivity index (χ3n) is 6.96. The molecule has 0 atom stereocenters. The average molecular weight is 705 g/mol. The molecule has 1 amide bonds. The van der Waals surface area contributed by atoms with E-state index in [9.17, 15) is 34.8 Å². The number of aryl methyl sites for hydroxylation is 1. The molecule has 4 aromatic carbocycles. The fourth-order valence-corrected chi connectivity index (χ4v) is 7.31. The van der Waals surface area contributed by atoms with Crippen molar-refractivity contribution in [3.8, 4) is 16.9 Å². The Labute approximate surface area is 278 Å². The Morgan fingerprint density at radius 1 is 0.833 bits per heavy atom. The lowest BCUT2D eigenvalue weighted by Gasteiger charge is -2.21. The molecule has 4 rings (SSSR count). The smallest absolute Gasteiger partial charge is 0.417 e. The number of carbonyl (C=O) groups excluding carboxylic acids is 1. The van der Waals surface area contributed by atoms with Crippen LogP contribution in [0.5, 0.6) is 5.75 Å². The van der Waals surface area contributed by atoms with Crippen molar-refractivity contribution in [1.29, 1.82) is 0 Å². The van der Waals surface area contributed by atoms with E-state index in [4.69, 9.17) is 8.92 Å². The topological polar surface area (TPSA) is 128 Å². The quantitative estimate of drug-likeness (QED) is 0.162. The number of benzene rings is 4. The second-order valence-corrected chi connectivity index (χ2v) is 15.2. The molecule has 0 aliphatic carbocycles. The van der Waals surface area contributed by atoms with Gasteiger partial charge in [0.15, 0.2) is 0 Å². The number of hydrogen-bond acceptors (Lipinski definition) is 7. The Morgan fingerprint density at radius 3 is 2.12 bits per heavy atom. The van der Waals surface area contributed by atoms with Gasteiger partial charge in [0.1, 0.15) is 10.6 Å². The molecule has 0 heterocycles. The van der Waals surface area contributed by atoms with E-state index in [1.807, 2.05) is 0 Å². The zero-order chi connectivity index (χ0) is 35.5. The monoisotopic (exact) mass is 704 g/mol. The molecule has 0 fully saturated rings. The number of carbonyl (C=O) groups is 1. The maximum Gasteiger partial charge on any atom is 0.417 e. The molecule has 0 aliphatic rings. The molecule has 4 aromatic rings. The predicted octanol–water partition coefficient (Wildman–Crippen LogP) is 6.97. The molecule has 14 heteroatoms. The van der Waals surface area contributed by atoms with Crippen molar-refractivity contribution in [2.75, 3.05) is 19.0 Å². The summed E-state index contributed by atoms with van der Waals surface area (Å²) in [5, 5.41) is 2.67. The van der Waals surface area contributed by atoms with Crippen LogP contribution in [0.2, 0.25) is 0 Å². The van der Waals surface area contributed by atoms with E-state index < -0.39 is 49.9 Å². The van der Waals surface area contributed by atoms with Crippen LogP contribution in [0.4, 0.5) is 18.9 Å². The van der Waals surface area contributed by atoms with Crippen LogP contribution in [0.1, 0.15) is 47.8 Å². The van der Waals surface area contributed by atoms with Crippen LogP contribution in [-0.4, -0.2) is 42.0 Å². The summed E-state index contributed by atoms with van der Waals surface area (Å²) in [5.41, 5.74) is -0.283. The molecule has 0 saturated carbocycles. The van der Waals surface area contributed by atoms with E-state index in [0.29, 0.717) is 0 Å². The zero-order valence-electron chi connectivity index (χ0n) is 26.8. The Balaban J connectivity index is 1.66. The normalized spacial score (nSPS) is 12.5. The predicted molar refractivity (Wildman–Crippen MR) is 176 cm³/mol. The van der Waals surface area contributed by atoms with Gasteiger partial charge < -0.3 is 10.1 Å². The van der Waals surface area contributed by atoms with Crippen LogP contribution < -0.4 is 14.8 Å². The third kappa shape index (κ3) is 9.01. The fourth-order valence-electron chi connectivity index (χ4n) is 4.83. The van der Waals surface area contributed by atoms with Crippen LogP contribution in [0, 0.1) is 6.92 Å². The van der Waals surface area contributed by atoms with E-state index in [1.165, 1.54) is 73.8 Å². The zero-order valence-corrected chi connectivity index (χ0v) is 28.4. The van der Waals surface area contributed by atoms with Gasteiger partial charge in [0.25, 0.3) is 16.0 Å². The van der Waals surface area contributed by atoms with Crippen molar-refractivity contribution >= 4 is 31.7 Å². The van der Waals surface area contributed by atoms with E-state index in [1.54, 1.807) is 39.8 Å². The van der Waals surface area contributed by atoms with Crippen LogP contribution in [-0.2, 0) is 36.9 Å². The molecule has 0 bridgehead atoms. The van der Waals surface area contributed by atoms with Gasteiger partial charge in [-0.15, -0.1) is 0 Å². The van der Waals surface area contributed by atoms with Crippen molar-refractivity contribution < 1.29 is 43.7 Å². The number of hydrogen-bond donors (Lipinski definition) is 2. The number of halogens is 3. The molecule has 48 heavy (non-hydrogen) atoms. The molecular formula is C34H35F3N2O7S2. The summed E-state index contributed by atoms with van der Waals surface area (Å²) in [7, 11) is -6.89. The summed E-state index contributed by atoms with van der Waals surface area (Å²) in [4.78, 5) is 13.0. The van der Waals surface area contributed by atoms with E-state index in [2.05, 4.69) is 10.0 Å². The summed E-state index contributed by atoms with van der Waals surface area (Å²) in [6.45, 7) is 6.43. The van der Waals surface area contributed by atoms with Crippen molar-refractivity contribution in [2.24, 2.45) is 0 Å². The van der Waals surface area contributed by atoms with Gasteiger partial charge in [-0.05, 0) is 99.3 Å². The molecule has 2 N–H and O–H groups in total. The molecule has 0 spiro atoms.